The molecule has 1 amide bonds. The van der Waals surface area contributed by atoms with Crippen molar-refractivity contribution in [2.45, 2.75) is 51.0 Å². The van der Waals surface area contributed by atoms with Gasteiger partial charge >= 0.3 is 0 Å². The third kappa shape index (κ3) is 5.15. The number of anilines is 3. The number of rotatable bonds is 9. The predicted molar refractivity (Wildman–Crippen MR) is 123 cm³/mol. The van der Waals surface area contributed by atoms with E-state index in [0.717, 1.165) is 56.8 Å². The van der Waals surface area contributed by atoms with Crippen LogP contribution in [0.25, 0.3) is 0 Å². The lowest BCUT2D eigenvalue weighted by Crippen LogP contribution is -2.27. The second-order valence-corrected chi connectivity index (χ2v) is 9.21. The van der Waals surface area contributed by atoms with Gasteiger partial charge in [0.25, 0.3) is 0 Å². The molecule has 1 aromatic carbocycles. The normalized spacial score (nSPS) is 18.4. The molecule has 0 spiro atoms. The van der Waals surface area contributed by atoms with E-state index in [1.165, 1.54) is 29.5 Å². The van der Waals surface area contributed by atoms with E-state index >= 15 is 0 Å². The number of hydrogen-bond donors (Lipinski definition) is 3. The van der Waals surface area contributed by atoms with Crippen molar-refractivity contribution in [1.29, 1.82) is 0 Å². The predicted octanol–water partition coefficient (Wildman–Crippen LogP) is 3.41. The SMILES string of the molecule is CN1CCc2cc(Nc3ncc(C4CC4)c(NCCCNC(=O)C4CC4)n3)ccc2C1. The Kier molecular flexibility index (Phi) is 5.76. The molecule has 7 nitrogen and oxygen atoms in total. The van der Waals surface area contributed by atoms with Gasteiger partial charge in [0.05, 0.1) is 0 Å². The number of carbonyl (C=O) groups excluding carboxylic acids is 1. The molecule has 0 saturated heterocycles. The molecule has 5 rings (SSSR count). The molecule has 1 aromatic heterocycles. The number of likely N-dealkylation sites (N-methyl/N-ethyl adjacent to an activating group) is 1. The maximum absolute atomic E-state index is 11.8. The van der Waals surface area contributed by atoms with Crippen LogP contribution in [0.15, 0.2) is 24.4 Å². The Labute approximate surface area is 184 Å². The first-order valence-electron chi connectivity index (χ1n) is 11.6. The van der Waals surface area contributed by atoms with E-state index in [1.54, 1.807) is 0 Å². The van der Waals surface area contributed by atoms with Crippen molar-refractivity contribution in [3.8, 4) is 0 Å². The van der Waals surface area contributed by atoms with E-state index in [2.05, 4.69) is 51.1 Å². The van der Waals surface area contributed by atoms with Gasteiger partial charge in [0.15, 0.2) is 0 Å². The summed E-state index contributed by atoms with van der Waals surface area (Å²) in [5.74, 6) is 2.61. The first-order valence-corrected chi connectivity index (χ1v) is 11.6. The first kappa shape index (κ1) is 20.2. The zero-order valence-electron chi connectivity index (χ0n) is 18.3. The fourth-order valence-corrected chi connectivity index (χ4v) is 4.18. The van der Waals surface area contributed by atoms with Gasteiger partial charge < -0.3 is 20.9 Å². The van der Waals surface area contributed by atoms with Gasteiger partial charge in [0, 0.05) is 49.5 Å². The molecular weight excluding hydrogens is 388 g/mol. The van der Waals surface area contributed by atoms with Gasteiger partial charge in [0.1, 0.15) is 5.82 Å². The Hall–Kier alpha value is -2.67. The van der Waals surface area contributed by atoms with Crippen LogP contribution in [0, 0.1) is 5.92 Å². The quantitative estimate of drug-likeness (QED) is 0.540. The van der Waals surface area contributed by atoms with Gasteiger partial charge in [0.2, 0.25) is 11.9 Å². The summed E-state index contributed by atoms with van der Waals surface area (Å²) in [7, 11) is 2.17. The van der Waals surface area contributed by atoms with E-state index in [1.807, 2.05) is 6.20 Å². The third-order valence-corrected chi connectivity index (χ3v) is 6.39. The second-order valence-electron chi connectivity index (χ2n) is 9.21. The van der Waals surface area contributed by atoms with Crippen LogP contribution in [-0.2, 0) is 17.8 Å². The summed E-state index contributed by atoms with van der Waals surface area (Å²) >= 11 is 0. The number of hydrogen-bond acceptors (Lipinski definition) is 6. The van der Waals surface area contributed by atoms with Gasteiger partial charge in [-0.15, -0.1) is 0 Å². The lowest BCUT2D eigenvalue weighted by atomic mass is 9.99. The highest BCUT2D eigenvalue weighted by Gasteiger charge is 2.29. The van der Waals surface area contributed by atoms with Gasteiger partial charge in [-0.3, -0.25) is 4.79 Å². The number of aromatic nitrogens is 2. The molecule has 2 aliphatic carbocycles. The van der Waals surface area contributed by atoms with Crippen molar-refractivity contribution >= 4 is 23.4 Å². The van der Waals surface area contributed by atoms with Crippen molar-refractivity contribution < 1.29 is 4.79 Å². The summed E-state index contributed by atoms with van der Waals surface area (Å²) in [5, 5.41) is 9.91. The summed E-state index contributed by atoms with van der Waals surface area (Å²) in [5.41, 5.74) is 5.06. The van der Waals surface area contributed by atoms with Crippen molar-refractivity contribution in [1.82, 2.24) is 20.2 Å². The zero-order chi connectivity index (χ0) is 21.2. The molecule has 2 aromatic rings. The standard InChI is InChI=1S/C24H32N6O/c1-30-12-9-18-13-20(8-7-19(18)15-30)28-24-27-14-21(16-3-4-16)22(29-24)25-10-2-11-26-23(31)17-5-6-17/h7-8,13-14,16-17H,2-6,9-12,15H2,1H3,(H,26,31)(H2,25,27,28,29). The monoisotopic (exact) mass is 420 g/mol. The number of fused-ring (bicyclic) bond motifs is 1. The largest absolute Gasteiger partial charge is 0.370 e. The number of nitrogens with one attached hydrogen (secondary N) is 3. The number of benzene rings is 1. The average molecular weight is 421 g/mol. The molecule has 0 radical (unpaired) electrons. The average Bonchev–Trinajstić information content (AvgIpc) is 3.67. The summed E-state index contributed by atoms with van der Waals surface area (Å²) in [6, 6.07) is 6.56. The van der Waals surface area contributed by atoms with Crippen LogP contribution >= 0.6 is 0 Å². The zero-order valence-corrected chi connectivity index (χ0v) is 18.3. The fraction of sp³-hybridized carbons (Fsp3) is 0.542. The van der Waals surface area contributed by atoms with Gasteiger partial charge in [-0.2, -0.15) is 4.98 Å². The van der Waals surface area contributed by atoms with Crippen molar-refractivity contribution in [3.05, 3.63) is 41.1 Å². The Morgan fingerprint density at radius 1 is 1.16 bits per heavy atom. The number of nitrogens with zero attached hydrogens (tertiary/aromatic N) is 3. The van der Waals surface area contributed by atoms with E-state index in [4.69, 9.17) is 4.98 Å². The summed E-state index contributed by atoms with van der Waals surface area (Å²) < 4.78 is 0. The Morgan fingerprint density at radius 3 is 2.84 bits per heavy atom. The van der Waals surface area contributed by atoms with Crippen LogP contribution in [0.2, 0.25) is 0 Å². The van der Waals surface area contributed by atoms with Crippen LogP contribution in [0.3, 0.4) is 0 Å². The van der Waals surface area contributed by atoms with E-state index in [0.29, 0.717) is 18.4 Å². The molecule has 2 fully saturated rings. The van der Waals surface area contributed by atoms with Gasteiger partial charge in [-0.1, -0.05) is 6.07 Å². The summed E-state index contributed by atoms with van der Waals surface area (Å²) in [6.45, 7) is 3.60. The summed E-state index contributed by atoms with van der Waals surface area (Å²) in [6.07, 6.45) is 8.45. The maximum Gasteiger partial charge on any atom is 0.229 e. The highest BCUT2D eigenvalue weighted by atomic mass is 16.2. The van der Waals surface area contributed by atoms with Crippen LogP contribution in [-0.4, -0.2) is 47.5 Å². The second kappa shape index (κ2) is 8.83. The van der Waals surface area contributed by atoms with Crippen molar-refractivity contribution in [2.75, 3.05) is 37.3 Å². The van der Waals surface area contributed by atoms with Crippen LogP contribution < -0.4 is 16.0 Å². The minimum Gasteiger partial charge on any atom is -0.370 e. The Morgan fingerprint density at radius 2 is 2.03 bits per heavy atom. The minimum atomic E-state index is 0.212. The van der Waals surface area contributed by atoms with E-state index in [-0.39, 0.29) is 11.8 Å². The lowest BCUT2D eigenvalue weighted by Gasteiger charge is -2.25. The van der Waals surface area contributed by atoms with Crippen molar-refractivity contribution in [2.24, 2.45) is 5.92 Å². The molecule has 1 aliphatic heterocycles. The fourth-order valence-electron chi connectivity index (χ4n) is 4.18. The Balaban J connectivity index is 1.21. The molecule has 31 heavy (non-hydrogen) atoms. The minimum absolute atomic E-state index is 0.212. The van der Waals surface area contributed by atoms with Gasteiger partial charge in [-0.05, 0) is 74.8 Å². The van der Waals surface area contributed by atoms with E-state index < -0.39 is 0 Å². The molecule has 0 bridgehead atoms. The molecule has 7 heteroatoms. The third-order valence-electron chi connectivity index (χ3n) is 6.39. The van der Waals surface area contributed by atoms with Gasteiger partial charge in [-0.25, -0.2) is 4.98 Å². The summed E-state index contributed by atoms with van der Waals surface area (Å²) in [4.78, 5) is 23.5. The number of amides is 1. The lowest BCUT2D eigenvalue weighted by molar-refractivity contribution is -0.122. The molecule has 164 valence electrons. The number of carbonyl (C=O) groups is 1. The topological polar surface area (TPSA) is 82.2 Å². The van der Waals surface area contributed by atoms with E-state index in [9.17, 15) is 4.79 Å². The molecule has 2 heterocycles. The highest BCUT2D eigenvalue weighted by molar-refractivity contribution is 5.80. The molecule has 3 aliphatic rings. The van der Waals surface area contributed by atoms with Crippen LogP contribution in [0.4, 0.5) is 17.5 Å². The molecule has 3 N–H and O–H groups in total. The Bertz CT molecular complexity index is 953. The maximum atomic E-state index is 11.8. The molecule has 0 unspecified atom stereocenters. The highest BCUT2D eigenvalue weighted by Crippen LogP contribution is 2.42. The first-order chi connectivity index (χ1) is 15.2. The molecule has 0 atom stereocenters. The van der Waals surface area contributed by atoms with Crippen molar-refractivity contribution in [3.63, 3.8) is 0 Å². The van der Waals surface area contributed by atoms with Crippen LogP contribution in [0.1, 0.15) is 54.7 Å². The van der Waals surface area contributed by atoms with Crippen LogP contribution in [0.5, 0.6) is 0 Å². The molecule has 2 saturated carbocycles. The smallest absolute Gasteiger partial charge is 0.229 e. The molecular formula is C24H32N6O.